The topological polar surface area (TPSA) is 61.0 Å². The maximum absolute atomic E-state index is 12.2. The normalized spacial score (nSPS) is 26.3. The van der Waals surface area contributed by atoms with E-state index in [0.29, 0.717) is 6.54 Å². The van der Waals surface area contributed by atoms with Crippen LogP contribution < -0.4 is 5.32 Å². The summed E-state index contributed by atoms with van der Waals surface area (Å²) in [4.78, 5) is 14.2. The first-order chi connectivity index (χ1) is 9.24. The first kappa shape index (κ1) is 12.5. The number of carbonyl (C=O) groups excluding carboxylic acids is 1. The molecule has 1 aliphatic carbocycles. The van der Waals surface area contributed by atoms with Gasteiger partial charge in [0.05, 0.1) is 6.20 Å². The van der Waals surface area contributed by atoms with E-state index in [1.54, 1.807) is 6.20 Å². The summed E-state index contributed by atoms with van der Waals surface area (Å²) in [6, 6.07) is 0.0787. The number of likely N-dealkylation sites (tertiary alicyclic amines) is 1. The molecule has 5 heteroatoms. The molecule has 2 heterocycles. The molecule has 3 rings (SSSR count). The third-order valence-electron chi connectivity index (χ3n) is 4.63. The highest BCUT2D eigenvalue weighted by atomic mass is 16.2. The summed E-state index contributed by atoms with van der Waals surface area (Å²) >= 11 is 0. The van der Waals surface area contributed by atoms with E-state index in [4.69, 9.17) is 0 Å². The number of aryl methyl sites for hydroxylation is 1. The Morgan fingerprint density at radius 3 is 2.68 bits per heavy atom. The fraction of sp³-hybridized carbons (Fsp3) is 0.714. The van der Waals surface area contributed by atoms with Gasteiger partial charge < -0.3 is 10.2 Å². The second-order valence-corrected chi connectivity index (χ2v) is 5.89. The second kappa shape index (κ2) is 5.23. The number of aromatic nitrogens is 2. The number of amides is 2. The fourth-order valence-electron chi connectivity index (χ4n) is 3.41. The lowest BCUT2D eigenvalue weighted by Gasteiger charge is -2.22. The largest absolute Gasteiger partial charge is 0.334 e. The lowest BCUT2D eigenvalue weighted by Crippen LogP contribution is -2.38. The highest BCUT2D eigenvalue weighted by molar-refractivity contribution is 5.74. The lowest BCUT2D eigenvalue weighted by atomic mass is 9.82. The number of urea groups is 1. The summed E-state index contributed by atoms with van der Waals surface area (Å²) in [5, 5.41) is 9.86. The quantitative estimate of drug-likeness (QED) is 0.857. The van der Waals surface area contributed by atoms with Crippen LogP contribution in [0.3, 0.4) is 0 Å². The third kappa shape index (κ3) is 2.60. The molecule has 1 aromatic heterocycles. The minimum Gasteiger partial charge on any atom is -0.334 e. The van der Waals surface area contributed by atoms with Crippen molar-refractivity contribution in [3.8, 4) is 0 Å². The summed E-state index contributed by atoms with van der Waals surface area (Å²) in [5.74, 6) is 1.49. The predicted molar refractivity (Wildman–Crippen MR) is 72.6 cm³/mol. The highest BCUT2D eigenvalue weighted by Gasteiger charge is 2.36. The third-order valence-corrected chi connectivity index (χ3v) is 4.63. The van der Waals surface area contributed by atoms with E-state index in [1.165, 1.54) is 25.7 Å². The van der Waals surface area contributed by atoms with Crippen LogP contribution in [0.4, 0.5) is 4.79 Å². The van der Waals surface area contributed by atoms with E-state index in [-0.39, 0.29) is 6.03 Å². The van der Waals surface area contributed by atoms with Crippen molar-refractivity contribution in [3.05, 3.63) is 17.5 Å². The Morgan fingerprint density at radius 2 is 2.11 bits per heavy atom. The molecular formula is C14H22N4O. The van der Waals surface area contributed by atoms with Crippen LogP contribution in [0.2, 0.25) is 0 Å². The summed E-state index contributed by atoms with van der Waals surface area (Å²) in [7, 11) is 0. The molecule has 0 unspecified atom stereocenters. The highest BCUT2D eigenvalue weighted by Crippen LogP contribution is 2.35. The molecule has 5 nitrogen and oxygen atoms in total. The second-order valence-electron chi connectivity index (χ2n) is 5.89. The standard InChI is InChI=1S/C14H22N4O/c1-10-13(7-16-17-10)6-15-14(19)18-8-11-4-2-3-5-12(11)9-18/h7,11-12H,2-6,8-9H2,1H3,(H,15,19)(H,16,17)/t11-,12+. The number of aromatic amines is 1. The van der Waals surface area contributed by atoms with Crippen molar-refractivity contribution in [1.29, 1.82) is 0 Å². The average molecular weight is 262 g/mol. The van der Waals surface area contributed by atoms with Crippen molar-refractivity contribution in [2.45, 2.75) is 39.2 Å². The van der Waals surface area contributed by atoms with Crippen LogP contribution in [0.1, 0.15) is 36.9 Å². The molecular weight excluding hydrogens is 240 g/mol. The zero-order valence-corrected chi connectivity index (χ0v) is 11.5. The SMILES string of the molecule is Cc1[nH]ncc1CNC(=O)N1C[C@H]2CCCC[C@H]2C1. The van der Waals surface area contributed by atoms with Crippen LogP contribution in [-0.4, -0.2) is 34.2 Å². The first-order valence-electron chi connectivity index (χ1n) is 7.25. The van der Waals surface area contributed by atoms with Crippen molar-refractivity contribution in [2.24, 2.45) is 11.8 Å². The van der Waals surface area contributed by atoms with Crippen LogP contribution >= 0.6 is 0 Å². The van der Waals surface area contributed by atoms with Crippen molar-refractivity contribution < 1.29 is 4.79 Å². The molecule has 19 heavy (non-hydrogen) atoms. The Morgan fingerprint density at radius 1 is 1.42 bits per heavy atom. The lowest BCUT2D eigenvalue weighted by molar-refractivity contribution is 0.206. The van der Waals surface area contributed by atoms with Gasteiger partial charge in [-0.15, -0.1) is 0 Å². The Hall–Kier alpha value is -1.52. The first-order valence-corrected chi connectivity index (χ1v) is 7.25. The molecule has 1 aliphatic heterocycles. The Labute approximate surface area is 113 Å². The number of nitrogens with one attached hydrogen (secondary N) is 2. The van der Waals surface area contributed by atoms with Crippen LogP contribution in [0.15, 0.2) is 6.20 Å². The minimum atomic E-state index is 0.0787. The van der Waals surface area contributed by atoms with Crippen molar-refractivity contribution >= 4 is 6.03 Å². The summed E-state index contributed by atoms with van der Waals surface area (Å²) < 4.78 is 0. The molecule has 1 saturated carbocycles. The van der Waals surface area contributed by atoms with Gasteiger partial charge in [0.15, 0.2) is 0 Å². The zero-order chi connectivity index (χ0) is 13.2. The molecule has 2 fully saturated rings. The van der Waals surface area contributed by atoms with Crippen molar-refractivity contribution in [3.63, 3.8) is 0 Å². The minimum absolute atomic E-state index is 0.0787. The van der Waals surface area contributed by atoms with Gasteiger partial charge in [0.25, 0.3) is 0 Å². The molecule has 2 aliphatic rings. The van der Waals surface area contributed by atoms with Crippen LogP contribution in [-0.2, 0) is 6.54 Å². The van der Waals surface area contributed by atoms with Gasteiger partial charge in [-0.05, 0) is 31.6 Å². The van der Waals surface area contributed by atoms with Gasteiger partial charge in [-0.25, -0.2) is 4.79 Å². The van der Waals surface area contributed by atoms with Gasteiger partial charge in [0, 0.05) is 30.9 Å². The molecule has 0 radical (unpaired) electrons. The molecule has 0 spiro atoms. The van der Waals surface area contributed by atoms with Gasteiger partial charge in [-0.1, -0.05) is 12.8 Å². The van der Waals surface area contributed by atoms with Crippen LogP contribution in [0, 0.1) is 18.8 Å². The van der Waals surface area contributed by atoms with Crippen molar-refractivity contribution in [1.82, 2.24) is 20.4 Å². The number of hydrogen-bond acceptors (Lipinski definition) is 2. The molecule has 2 amide bonds. The Balaban J connectivity index is 1.52. The van der Waals surface area contributed by atoms with E-state index in [0.717, 1.165) is 36.2 Å². The van der Waals surface area contributed by atoms with E-state index in [1.807, 2.05) is 11.8 Å². The maximum Gasteiger partial charge on any atom is 0.317 e. The number of H-pyrrole nitrogens is 1. The van der Waals surface area contributed by atoms with Crippen LogP contribution in [0.25, 0.3) is 0 Å². The van der Waals surface area contributed by atoms with Gasteiger partial charge in [0.2, 0.25) is 0 Å². The smallest absolute Gasteiger partial charge is 0.317 e. The number of fused-ring (bicyclic) bond motifs is 1. The van der Waals surface area contributed by atoms with Crippen LogP contribution in [0.5, 0.6) is 0 Å². The Kier molecular flexibility index (Phi) is 3.44. The summed E-state index contributed by atoms with van der Waals surface area (Å²) in [6.07, 6.45) is 7.06. The van der Waals surface area contributed by atoms with E-state index in [2.05, 4.69) is 15.5 Å². The molecule has 2 atom stereocenters. The fourth-order valence-corrected chi connectivity index (χ4v) is 3.41. The van der Waals surface area contributed by atoms with E-state index >= 15 is 0 Å². The monoisotopic (exact) mass is 262 g/mol. The number of rotatable bonds is 2. The Bertz CT molecular complexity index is 442. The molecule has 2 N–H and O–H groups in total. The van der Waals surface area contributed by atoms with Gasteiger partial charge in [-0.3, -0.25) is 5.10 Å². The summed E-state index contributed by atoms with van der Waals surface area (Å²) in [6.45, 7) is 4.42. The average Bonchev–Trinajstić information content (AvgIpc) is 3.01. The summed E-state index contributed by atoms with van der Waals surface area (Å²) in [5.41, 5.74) is 2.08. The number of carbonyl (C=O) groups is 1. The maximum atomic E-state index is 12.2. The molecule has 104 valence electrons. The predicted octanol–water partition coefficient (Wildman–Crippen LogP) is 2.05. The van der Waals surface area contributed by atoms with E-state index in [9.17, 15) is 4.79 Å². The van der Waals surface area contributed by atoms with Gasteiger partial charge in [0.1, 0.15) is 0 Å². The number of hydrogen-bond donors (Lipinski definition) is 2. The molecule has 0 aromatic carbocycles. The molecule has 1 aromatic rings. The zero-order valence-electron chi connectivity index (χ0n) is 11.5. The van der Waals surface area contributed by atoms with Crippen molar-refractivity contribution in [2.75, 3.05) is 13.1 Å². The molecule has 1 saturated heterocycles. The van der Waals surface area contributed by atoms with E-state index < -0.39 is 0 Å². The van der Waals surface area contributed by atoms with Gasteiger partial charge in [-0.2, -0.15) is 5.10 Å². The number of nitrogens with zero attached hydrogens (tertiary/aromatic N) is 2. The molecule has 0 bridgehead atoms. The van der Waals surface area contributed by atoms with Gasteiger partial charge >= 0.3 is 6.03 Å².